The van der Waals surface area contributed by atoms with Gasteiger partial charge in [-0.3, -0.25) is 4.18 Å². The molecule has 1 N–H and O–H groups in total. The average Bonchev–Trinajstić information content (AvgIpc) is 2.48. The molecule has 1 rings (SSSR count). The maximum atomic E-state index is 11.4. The van der Waals surface area contributed by atoms with Gasteiger partial charge in [-0.2, -0.15) is 0 Å². The maximum Gasteiger partial charge on any atom is 0.407 e. The molecule has 0 unspecified atom stereocenters. The van der Waals surface area contributed by atoms with Crippen molar-refractivity contribution in [1.29, 1.82) is 0 Å². The summed E-state index contributed by atoms with van der Waals surface area (Å²) in [5.74, 6) is 1.68. The molecule has 1 aromatic heterocycles. The topological polar surface area (TPSA) is 109 Å². The van der Waals surface area contributed by atoms with Crippen LogP contribution < -0.4 is 9.88 Å². The normalized spacial score (nSPS) is 11.3. The zero-order valence-corrected chi connectivity index (χ0v) is 17.8. The molecular formula is C15H25ClN2O6S2. The van der Waals surface area contributed by atoms with Gasteiger partial charge in [-0.25, -0.2) is 17.8 Å². The number of nitrogens with zero attached hydrogens (tertiary/aromatic N) is 1. The number of hydrogen-bond donors (Lipinski definition) is 1. The minimum Gasteiger partial charge on any atom is -0.726 e. The molecule has 11 heteroatoms. The van der Waals surface area contributed by atoms with Gasteiger partial charge in [0.2, 0.25) is 10.4 Å². The third-order valence-electron chi connectivity index (χ3n) is 2.58. The van der Waals surface area contributed by atoms with Gasteiger partial charge in [0.15, 0.2) is 11.9 Å². The Balaban J connectivity index is 0.000000896. The van der Waals surface area contributed by atoms with Crippen LogP contribution in [0.3, 0.4) is 0 Å². The molecular weight excluding hydrogens is 404 g/mol. The lowest BCUT2D eigenvalue weighted by Crippen LogP contribution is -2.34. The van der Waals surface area contributed by atoms with Crippen LogP contribution >= 0.6 is 23.4 Å². The Kier molecular flexibility index (Phi) is 11.1. The number of ether oxygens (including phenoxy) is 1. The molecule has 8 nitrogen and oxygen atoms in total. The Bertz CT molecular complexity index is 677. The van der Waals surface area contributed by atoms with Crippen LogP contribution in [-0.4, -0.2) is 44.1 Å². The Morgan fingerprint density at radius 1 is 1.42 bits per heavy atom. The number of carbonyl (C=O) groups excluding carboxylic acids is 1. The molecule has 0 spiro atoms. The quantitative estimate of drug-likeness (QED) is 0.319. The zero-order valence-electron chi connectivity index (χ0n) is 15.4. The van der Waals surface area contributed by atoms with Crippen molar-refractivity contribution in [3.8, 4) is 0 Å². The van der Waals surface area contributed by atoms with Crippen LogP contribution in [0, 0.1) is 0 Å². The molecule has 26 heavy (non-hydrogen) atoms. The third-order valence-corrected chi connectivity index (χ3v) is 4.22. The fourth-order valence-corrected chi connectivity index (χ4v) is 2.52. The minimum atomic E-state index is -4.41. The van der Waals surface area contributed by atoms with Gasteiger partial charge in [0, 0.05) is 24.4 Å². The first-order valence-electron chi connectivity index (χ1n) is 7.54. The average molecular weight is 429 g/mol. The molecule has 1 heterocycles. The molecule has 0 atom stereocenters. The van der Waals surface area contributed by atoms with Crippen LogP contribution in [0.1, 0.15) is 26.5 Å². The summed E-state index contributed by atoms with van der Waals surface area (Å²) in [6.07, 6.45) is 1.57. The van der Waals surface area contributed by atoms with E-state index in [2.05, 4.69) is 9.50 Å². The predicted molar refractivity (Wildman–Crippen MR) is 99.7 cm³/mol. The van der Waals surface area contributed by atoms with E-state index < -0.39 is 16.0 Å². The van der Waals surface area contributed by atoms with E-state index in [9.17, 15) is 17.8 Å². The van der Waals surface area contributed by atoms with Crippen molar-refractivity contribution in [3.63, 3.8) is 0 Å². The minimum absolute atomic E-state index is 0.369. The lowest BCUT2D eigenvalue weighted by atomic mass is 10.2. The monoisotopic (exact) mass is 428 g/mol. The number of halogens is 1. The van der Waals surface area contributed by atoms with Crippen molar-refractivity contribution >= 4 is 39.9 Å². The van der Waals surface area contributed by atoms with Crippen molar-refractivity contribution in [2.45, 2.75) is 32.1 Å². The lowest BCUT2D eigenvalue weighted by molar-refractivity contribution is -0.678. The van der Waals surface area contributed by atoms with E-state index in [-0.39, 0.29) is 6.09 Å². The van der Waals surface area contributed by atoms with E-state index in [1.165, 1.54) is 0 Å². The summed E-state index contributed by atoms with van der Waals surface area (Å²) < 4.78 is 38.2. The van der Waals surface area contributed by atoms with Crippen molar-refractivity contribution < 1.29 is 31.3 Å². The van der Waals surface area contributed by atoms with Gasteiger partial charge in [-0.1, -0.05) is 11.6 Å². The van der Waals surface area contributed by atoms with Crippen molar-refractivity contribution in [1.82, 2.24) is 5.32 Å². The molecule has 0 aliphatic heterocycles. The number of aryl methyl sites for hydroxylation is 1. The number of rotatable bonds is 6. The highest BCUT2D eigenvalue weighted by Gasteiger charge is 2.15. The second kappa shape index (κ2) is 11.6. The molecule has 1 amide bonds. The number of aromatic nitrogens is 1. The molecule has 0 fully saturated rings. The number of hydrogen-bond acceptors (Lipinski definition) is 7. The van der Waals surface area contributed by atoms with Crippen LogP contribution in [0.4, 0.5) is 4.79 Å². The molecule has 0 bridgehead atoms. The second-order valence-electron chi connectivity index (χ2n) is 6.00. The van der Waals surface area contributed by atoms with Gasteiger partial charge in [0.25, 0.3) is 0 Å². The summed E-state index contributed by atoms with van der Waals surface area (Å²) in [7, 11) is -1.61. The molecule has 0 radical (unpaired) electrons. The van der Waals surface area contributed by atoms with Gasteiger partial charge >= 0.3 is 6.09 Å². The van der Waals surface area contributed by atoms with Crippen LogP contribution in [0.15, 0.2) is 18.3 Å². The molecule has 0 saturated carbocycles. The van der Waals surface area contributed by atoms with E-state index in [4.69, 9.17) is 16.3 Å². The van der Waals surface area contributed by atoms with E-state index in [1.54, 1.807) is 11.8 Å². The number of carbonyl (C=O) groups is 1. The number of nitrogens with one attached hydrogen (secondary N) is 1. The standard InChI is InChI=1S/C14H21ClN2O2S.CH4O4S/c1-14(2,3)19-13(18)16-6-8-20-10-12-9-11(15)5-7-17(12)4;1-5-6(2,3)4/h5,7,9H,6,8,10H2,1-4H3;1H3,(H,2,3,4). The second-order valence-corrected chi connectivity index (χ2v) is 8.69. The van der Waals surface area contributed by atoms with E-state index in [0.29, 0.717) is 6.54 Å². The van der Waals surface area contributed by atoms with Gasteiger partial charge in [-0.05, 0) is 20.8 Å². The van der Waals surface area contributed by atoms with Crippen molar-refractivity contribution in [2.75, 3.05) is 19.4 Å². The summed E-state index contributed by atoms with van der Waals surface area (Å²) in [6.45, 7) is 6.13. The SMILES string of the molecule is COS(=O)(=O)[O-].C[n+]1ccc(Cl)cc1CSCCNC(=O)OC(C)(C)C. The van der Waals surface area contributed by atoms with E-state index in [0.717, 1.165) is 29.3 Å². The highest BCUT2D eigenvalue weighted by atomic mass is 35.5. The summed E-state index contributed by atoms with van der Waals surface area (Å²) in [6, 6.07) is 3.82. The molecule has 150 valence electrons. The first kappa shape index (κ1) is 24.9. The number of thioether (sulfide) groups is 1. The van der Waals surface area contributed by atoms with Gasteiger partial charge in [-0.15, -0.1) is 11.8 Å². The summed E-state index contributed by atoms with van der Waals surface area (Å²) >= 11 is 7.70. The summed E-state index contributed by atoms with van der Waals surface area (Å²) in [5.41, 5.74) is 0.700. The number of alkyl carbamates (subject to hydrolysis) is 1. The molecule has 1 aromatic rings. The third kappa shape index (κ3) is 14.1. The van der Waals surface area contributed by atoms with Gasteiger partial charge in [0.1, 0.15) is 12.6 Å². The fourth-order valence-electron chi connectivity index (χ4n) is 1.45. The Labute approximate surface area is 164 Å². The Morgan fingerprint density at radius 3 is 2.50 bits per heavy atom. The Morgan fingerprint density at radius 2 is 2.00 bits per heavy atom. The van der Waals surface area contributed by atoms with E-state index in [1.807, 2.05) is 50.7 Å². The summed E-state index contributed by atoms with van der Waals surface area (Å²) in [4.78, 5) is 11.4. The van der Waals surface area contributed by atoms with Crippen LogP contribution in [0.2, 0.25) is 5.02 Å². The van der Waals surface area contributed by atoms with E-state index >= 15 is 0 Å². The fraction of sp³-hybridized carbons (Fsp3) is 0.600. The van der Waals surface area contributed by atoms with Crippen LogP contribution in [0.25, 0.3) is 0 Å². The zero-order chi connectivity index (χ0) is 20.4. The molecule has 0 aromatic carbocycles. The predicted octanol–water partition coefficient (Wildman–Crippen LogP) is 2.02. The Hall–Kier alpha value is -1.07. The molecule has 0 aliphatic carbocycles. The highest BCUT2D eigenvalue weighted by Crippen LogP contribution is 2.12. The lowest BCUT2D eigenvalue weighted by Gasteiger charge is -2.19. The first-order chi connectivity index (χ1) is 11.8. The maximum absolute atomic E-state index is 11.4. The molecule has 0 saturated heterocycles. The van der Waals surface area contributed by atoms with Crippen molar-refractivity contribution in [3.05, 3.63) is 29.0 Å². The van der Waals surface area contributed by atoms with Gasteiger partial charge < -0.3 is 14.6 Å². The smallest absolute Gasteiger partial charge is 0.407 e. The largest absolute Gasteiger partial charge is 0.726 e. The van der Waals surface area contributed by atoms with Crippen LogP contribution in [-0.2, 0) is 32.1 Å². The number of amides is 1. The highest BCUT2D eigenvalue weighted by molar-refractivity contribution is 7.98. The first-order valence-corrected chi connectivity index (χ1v) is 10.4. The van der Waals surface area contributed by atoms with Gasteiger partial charge in [0.05, 0.1) is 17.9 Å². The summed E-state index contributed by atoms with van der Waals surface area (Å²) in [5, 5.41) is 3.48. The van der Waals surface area contributed by atoms with Crippen molar-refractivity contribution in [2.24, 2.45) is 7.05 Å². The van der Waals surface area contributed by atoms with Crippen LogP contribution in [0.5, 0.6) is 0 Å². The number of pyridine rings is 1. The molecule has 0 aliphatic rings.